The predicted octanol–water partition coefficient (Wildman–Crippen LogP) is 3.10. The normalized spacial score (nSPS) is 13.1. The van der Waals surface area contributed by atoms with Gasteiger partial charge in [-0.2, -0.15) is 0 Å². The highest BCUT2D eigenvalue weighted by Gasteiger charge is 2.16. The van der Waals surface area contributed by atoms with Crippen LogP contribution in [0.3, 0.4) is 0 Å². The summed E-state index contributed by atoms with van der Waals surface area (Å²) >= 11 is 0. The molecular formula is C17H23N3O. The molecule has 0 aliphatic rings. The molecule has 0 fully saturated rings. The van der Waals surface area contributed by atoms with Gasteiger partial charge in [-0.25, -0.2) is 9.97 Å². The number of hydrogen-bond acceptors (Lipinski definition) is 4. The van der Waals surface area contributed by atoms with Crippen LogP contribution in [0.4, 0.5) is 0 Å². The summed E-state index contributed by atoms with van der Waals surface area (Å²) in [6.07, 6.45) is 3.49. The van der Waals surface area contributed by atoms with Gasteiger partial charge in [0.1, 0.15) is 6.10 Å². The van der Waals surface area contributed by atoms with Gasteiger partial charge >= 0.3 is 0 Å². The molecule has 0 spiro atoms. The third-order valence-electron chi connectivity index (χ3n) is 3.12. The Kier molecular flexibility index (Phi) is 5.04. The molecule has 0 saturated carbocycles. The van der Waals surface area contributed by atoms with E-state index in [1.807, 2.05) is 42.7 Å². The lowest BCUT2D eigenvalue weighted by molar-refractivity contribution is 0.129. The molecule has 0 aliphatic carbocycles. The van der Waals surface area contributed by atoms with E-state index < -0.39 is 0 Å². The molecule has 1 aromatic carbocycles. The van der Waals surface area contributed by atoms with E-state index in [1.54, 1.807) is 7.11 Å². The van der Waals surface area contributed by atoms with Crippen LogP contribution in [0.25, 0.3) is 0 Å². The molecule has 4 heteroatoms. The second-order valence-corrected chi connectivity index (χ2v) is 6.08. The maximum Gasteiger partial charge on any atom is 0.161 e. The van der Waals surface area contributed by atoms with Gasteiger partial charge in [0.15, 0.2) is 5.82 Å². The Morgan fingerprint density at radius 3 is 2.24 bits per heavy atom. The molecule has 1 atom stereocenters. The van der Waals surface area contributed by atoms with Crippen LogP contribution < -0.4 is 5.32 Å². The highest BCUT2D eigenvalue weighted by molar-refractivity contribution is 5.23. The van der Waals surface area contributed by atoms with Gasteiger partial charge < -0.3 is 10.1 Å². The van der Waals surface area contributed by atoms with Gasteiger partial charge in [0.2, 0.25) is 0 Å². The smallest absolute Gasteiger partial charge is 0.161 e. The van der Waals surface area contributed by atoms with E-state index in [1.165, 1.54) is 0 Å². The average molecular weight is 285 g/mol. The summed E-state index contributed by atoms with van der Waals surface area (Å²) in [7, 11) is 1.68. The second-order valence-electron chi connectivity index (χ2n) is 6.08. The molecule has 4 nitrogen and oxygen atoms in total. The second kappa shape index (κ2) is 6.78. The third kappa shape index (κ3) is 4.62. The highest BCUT2D eigenvalue weighted by atomic mass is 16.5. The third-order valence-corrected chi connectivity index (χ3v) is 3.12. The summed E-state index contributed by atoms with van der Waals surface area (Å²) in [6, 6.07) is 10.0. The van der Waals surface area contributed by atoms with E-state index >= 15 is 0 Å². The molecule has 112 valence electrons. The van der Waals surface area contributed by atoms with Crippen molar-refractivity contribution in [1.82, 2.24) is 15.3 Å². The van der Waals surface area contributed by atoms with Crippen molar-refractivity contribution in [3.05, 3.63) is 59.7 Å². The Morgan fingerprint density at radius 1 is 1.10 bits per heavy atom. The lowest BCUT2D eigenvalue weighted by atomic mass is 10.1. The monoisotopic (exact) mass is 285 g/mol. The summed E-state index contributed by atoms with van der Waals surface area (Å²) in [5.74, 6) is 0.684. The molecule has 1 N–H and O–H groups in total. The number of ether oxygens (including phenoxy) is 1. The van der Waals surface area contributed by atoms with E-state index in [4.69, 9.17) is 4.74 Å². The summed E-state index contributed by atoms with van der Waals surface area (Å²) < 4.78 is 5.54. The average Bonchev–Trinajstić information content (AvgIpc) is 2.47. The molecule has 0 bridgehead atoms. The topological polar surface area (TPSA) is 47.0 Å². The van der Waals surface area contributed by atoms with Crippen molar-refractivity contribution in [2.45, 2.75) is 39.0 Å². The van der Waals surface area contributed by atoms with Crippen molar-refractivity contribution in [2.24, 2.45) is 0 Å². The first-order chi connectivity index (χ1) is 9.99. The van der Waals surface area contributed by atoms with Crippen molar-refractivity contribution in [2.75, 3.05) is 7.11 Å². The first kappa shape index (κ1) is 15.6. The molecule has 0 aliphatic heterocycles. The van der Waals surface area contributed by atoms with E-state index in [0.717, 1.165) is 17.7 Å². The van der Waals surface area contributed by atoms with Crippen LogP contribution in [0, 0.1) is 0 Å². The Labute approximate surface area is 126 Å². The maximum atomic E-state index is 5.54. The molecular weight excluding hydrogens is 262 g/mol. The van der Waals surface area contributed by atoms with Crippen molar-refractivity contribution < 1.29 is 4.74 Å². The van der Waals surface area contributed by atoms with E-state index in [-0.39, 0.29) is 11.6 Å². The standard InChI is InChI=1S/C17H23N3O/c1-17(2,3)20-12-13-10-18-16(19-11-13)15(21-4)14-8-6-5-7-9-14/h5-11,15,20H,12H2,1-4H3. The summed E-state index contributed by atoms with van der Waals surface area (Å²) in [4.78, 5) is 8.90. The van der Waals surface area contributed by atoms with Gasteiger partial charge in [0.25, 0.3) is 0 Å². The molecule has 21 heavy (non-hydrogen) atoms. The summed E-state index contributed by atoms with van der Waals surface area (Å²) in [6.45, 7) is 7.17. The van der Waals surface area contributed by atoms with Gasteiger partial charge in [-0.15, -0.1) is 0 Å². The van der Waals surface area contributed by atoms with E-state index in [2.05, 4.69) is 36.1 Å². The Hall–Kier alpha value is -1.78. The first-order valence-electron chi connectivity index (χ1n) is 7.13. The van der Waals surface area contributed by atoms with Crippen LogP contribution in [0.2, 0.25) is 0 Å². The molecule has 0 amide bonds. The van der Waals surface area contributed by atoms with Crippen LogP contribution in [-0.4, -0.2) is 22.6 Å². The fourth-order valence-corrected chi connectivity index (χ4v) is 1.98. The number of nitrogens with one attached hydrogen (secondary N) is 1. The lowest BCUT2D eigenvalue weighted by Crippen LogP contribution is -2.35. The van der Waals surface area contributed by atoms with Crippen LogP contribution in [0.15, 0.2) is 42.7 Å². The molecule has 1 aromatic heterocycles. The molecule has 0 radical (unpaired) electrons. The quantitative estimate of drug-likeness (QED) is 0.917. The van der Waals surface area contributed by atoms with E-state index in [0.29, 0.717) is 5.82 Å². The molecule has 0 saturated heterocycles. The van der Waals surface area contributed by atoms with Gasteiger partial charge in [-0.05, 0) is 26.3 Å². The number of rotatable bonds is 5. The highest BCUT2D eigenvalue weighted by Crippen LogP contribution is 2.21. The SMILES string of the molecule is COC(c1ccccc1)c1ncc(CNC(C)(C)C)cn1. The fourth-order valence-electron chi connectivity index (χ4n) is 1.98. The van der Waals surface area contributed by atoms with E-state index in [9.17, 15) is 0 Å². The van der Waals surface area contributed by atoms with Crippen molar-refractivity contribution in [1.29, 1.82) is 0 Å². The van der Waals surface area contributed by atoms with Crippen LogP contribution in [0.1, 0.15) is 43.8 Å². The summed E-state index contributed by atoms with van der Waals surface area (Å²) in [5, 5.41) is 3.42. The Bertz CT molecular complexity index is 546. The molecule has 2 rings (SSSR count). The molecule has 1 unspecified atom stereocenters. The van der Waals surface area contributed by atoms with Gasteiger partial charge in [0, 0.05) is 37.2 Å². The van der Waals surface area contributed by atoms with Crippen LogP contribution in [-0.2, 0) is 11.3 Å². The largest absolute Gasteiger partial charge is 0.369 e. The minimum Gasteiger partial charge on any atom is -0.369 e. The number of methoxy groups -OCH3 is 1. The summed E-state index contributed by atoms with van der Waals surface area (Å²) in [5.41, 5.74) is 2.20. The lowest BCUT2D eigenvalue weighted by Gasteiger charge is -2.20. The zero-order valence-corrected chi connectivity index (χ0v) is 13.1. The molecule has 1 heterocycles. The number of aromatic nitrogens is 2. The van der Waals surface area contributed by atoms with Crippen molar-refractivity contribution >= 4 is 0 Å². The number of benzene rings is 1. The van der Waals surface area contributed by atoms with Crippen molar-refractivity contribution in [3.63, 3.8) is 0 Å². The van der Waals surface area contributed by atoms with Gasteiger partial charge in [-0.1, -0.05) is 30.3 Å². The van der Waals surface area contributed by atoms with Crippen molar-refractivity contribution in [3.8, 4) is 0 Å². The Balaban J connectivity index is 2.10. The fraction of sp³-hybridized carbons (Fsp3) is 0.412. The van der Waals surface area contributed by atoms with Gasteiger partial charge in [-0.3, -0.25) is 0 Å². The number of nitrogens with zero attached hydrogens (tertiary/aromatic N) is 2. The van der Waals surface area contributed by atoms with Crippen LogP contribution >= 0.6 is 0 Å². The molecule has 2 aromatic rings. The minimum atomic E-state index is -0.226. The van der Waals surface area contributed by atoms with Gasteiger partial charge in [0.05, 0.1) is 0 Å². The minimum absolute atomic E-state index is 0.0811. The number of hydrogen-bond donors (Lipinski definition) is 1. The maximum absolute atomic E-state index is 5.54. The predicted molar refractivity (Wildman–Crippen MR) is 83.9 cm³/mol. The Morgan fingerprint density at radius 2 is 1.71 bits per heavy atom. The van der Waals surface area contributed by atoms with Crippen LogP contribution in [0.5, 0.6) is 0 Å². The zero-order valence-electron chi connectivity index (χ0n) is 13.1. The zero-order chi connectivity index (χ0) is 15.3. The first-order valence-corrected chi connectivity index (χ1v) is 7.13.